The van der Waals surface area contributed by atoms with Gasteiger partial charge in [-0.05, 0) is 55.1 Å². The Kier molecular flexibility index (Phi) is 4.78. The molecule has 0 atom stereocenters. The fourth-order valence-corrected chi connectivity index (χ4v) is 5.00. The van der Waals surface area contributed by atoms with Crippen LogP contribution in [0, 0.1) is 13.8 Å². The molecule has 4 aromatic rings. The van der Waals surface area contributed by atoms with E-state index in [0.717, 1.165) is 39.1 Å². The highest BCUT2D eigenvalue weighted by Crippen LogP contribution is 2.31. The molecule has 9 heteroatoms. The number of benzene rings is 2. The van der Waals surface area contributed by atoms with Gasteiger partial charge in [-0.2, -0.15) is 4.37 Å². The van der Waals surface area contributed by atoms with E-state index >= 15 is 0 Å². The first-order valence-electron chi connectivity index (χ1n) is 8.32. The third kappa shape index (κ3) is 3.58. The lowest BCUT2D eigenvalue weighted by Gasteiger charge is -2.11. The van der Waals surface area contributed by atoms with Gasteiger partial charge in [0.15, 0.2) is 0 Å². The third-order valence-corrected chi connectivity index (χ3v) is 6.66. The first-order valence-corrected chi connectivity index (χ1v) is 11.0. The van der Waals surface area contributed by atoms with Crippen LogP contribution in [0.25, 0.3) is 22.0 Å². The third-order valence-electron chi connectivity index (χ3n) is 4.24. The van der Waals surface area contributed by atoms with Crippen molar-refractivity contribution in [3.63, 3.8) is 0 Å². The topological polar surface area (TPSA) is 84.8 Å². The second kappa shape index (κ2) is 7.12. The number of aromatic nitrogens is 3. The van der Waals surface area contributed by atoms with Gasteiger partial charge in [-0.3, -0.25) is 9.71 Å². The molecule has 2 heterocycles. The fourth-order valence-electron chi connectivity index (χ4n) is 2.94. The Morgan fingerprint density at radius 1 is 1.07 bits per heavy atom. The summed E-state index contributed by atoms with van der Waals surface area (Å²) in [6.45, 7) is 3.67. The van der Waals surface area contributed by atoms with Crippen LogP contribution in [-0.4, -0.2) is 22.8 Å². The molecule has 2 aromatic heterocycles. The molecule has 0 spiro atoms. The van der Waals surface area contributed by atoms with E-state index < -0.39 is 10.0 Å². The van der Waals surface area contributed by atoms with Crippen LogP contribution in [0.4, 0.5) is 5.13 Å². The minimum Gasteiger partial charge on any atom is -0.256 e. The van der Waals surface area contributed by atoms with E-state index in [9.17, 15) is 8.42 Å². The van der Waals surface area contributed by atoms with Gasteiger partial charge in [0, 0.05) is 33.7 Å². The van der Waals surface area contributed by atoms with Gasteiger partial charge in [0.25, 0.3) is 10.0 Å². The van der Waals surface area contributed by atoms with E-state index in [-0.39, 0.29) is 10.0 Å². The maximum atomic E-state index is 12.7. The molecule has 0 aliphatic rings. The molecule has 6 nitrogen and oxygen atoms in total. The van der Waals surface area contributed by atoms with Crippen molar-refractivity contribution in [3.05, 3.63) is 65.1 Å². The molecule has 0 saturated carbocycles. The maximum absolute atomic E-state index is 12.7. The smallest absolute Gasteiger partial charge is 0.256 e. The Morgan fingerprint density at radius 2 is 1.89 bits per heavy atom. The van der Waals surface area contributed by atoms with Gasteiger partial charge in [0.05, 0.1) is 10.6 Å². The molecule has 0 saturated heterocycles. The number of pyridine rings is 1. The zero-order valence-corrected chi connectivity index (χ0v) is 17.4. The largest absolute Gasteiger partial charge is 0.263 e. The zero-order chi connectivity index (χ0) is 19.9. The van der Waals surface area contributed by atoms with Gasteiger partial charge in [-0.1, -0.05) is 23.7 Å². The van der Waals surface area contributed by atoms with Crippen molar-refractivity contribution in [2.75, 3.05) is 4.72 Å². The first kappa shape index (κ1) is 18.8. The minimum absolute atomic E-state index is 0.151. The van der Waals surface area contributed by atoms with Crippen LogP contribution in [0.3, 0.4) is 0 Å². The molecule has 142 valence electrons. The average Bonchev–Trinajstić information content (AvgIpc) is 3.05. The minimum atomic E-state index is -3.76. The highest BCUT2D eigenvalue weighted by atomic mass is 35.5. The average molecular weight is 431 g/mol. The van der Waals surface area contributed by atoms with Crippen molar-refractivity contribution in [1.82, 2.24) is 14.3 Å². The Labute approximate surface area is 171 Å². The molecule has 0 unspecified atom stereocenters. The summed E-state index contributed by atoms with van der Waals surface area (Å²) in [7, 11) is -3.76. The summed E-state index contributed by atoms with van der Waals surface area (Å²) >= 11 is 7.06. The molecular formula is C19H15ClN4O2S2. The SMILES string of the molecule is Cc1nsc(NS(=O)(=O)c2ccc3c(-c4ccc(Cl)cc4C)nccc3c2)n1. The van der Waals surface area contributed by atoms with Crippen LogP contribution in [0.2, 0.25) is 5.02 Å². The van der Waals surface area contributed by atoms with E-state index in [1.165, 1.54) is 0 Å². The summed E-state index contributed by atoms with van der Waals surface area (Å²) < 4.78 is 31.9. The molecule has 0 aliphatic heterocycles. The molecule has 0 radical (unpaired) electrons. The van der Waals surface area contributed by atoms with Gasteiger partial charge in [-0.25, -0.2) is 13.4 Å². The van der Waals surface area contributed by atoms with Crippen LogP contribution < -0.4 is 4.72 Å². The quantitative estimate of drug-likeness (QED) is 0.501. The number of hydrogen-bond donors (Lipinski definition) is 1. The molecule has 28 heavy (non-hydrogen) atoms. The standard InChI is InChI=1S/C19H15ClN4O2S2/c1-11-9-14(20)3-5-16(11)18-17-6-4-15(10-13(17)7-8-21-18)28(25,26)24-19-22-12(2)23-27-19/h3-10H,1-2H3,(H,22,23,24). The van der Waals surface area contributed by atoms with E-state index in [0.29, 0.717) is 10.8 Å². The summed E-state index contributed by atoms with van der Waals surface area (Å²) in [6.07, 6.45) is 1.67. The number of sulfonamides is 1. The van der Waals surface area contributed by atoms with Gasteiger partial charge < -0.3 is 0 Å². The number of hydrogen-bond acceptors (Lipinski definition) is 6. The van der Waals surface area contributed by atoms with Gasteiger partial charge in [-0.15, -0.1) is 0 Å². The number of aryl methyl sites for hydroxylation is 2. The number of nitrogens with one attached hydrogen (secondary N) is 1. The van der Waals surface area contributed by atoms with Crippen molar-refractivity contribution >= 4 is 49.1 Å². The van der Waals surface area contributed by atoms with Crippen molar-refractivity contribution in [1.29, 1.82) is 0 Å². The molecule has 2 aromatic carbocycles. The monoisotopic (exact) mass is 430 g/mol. The highest BCUT2D eigenvalue weighted by Gasteiger charge is 2.18. The highest BCUT2D eigenvalue weighted by molar-refractivity contribution is 7.93. The summed E-state index contributed by atoms with van der Waals surface area (Å²) in [6, 6.07) is 12.4. The van der Waals surface area contributed by atoms with Crippen LogP contribution in [0.15, 0.2) is 53.6 Å². The van der Waals surface area contributed by atoms with E-state index in [4.69, 9.17) is 11.6 Å². The normalized spacial score (nSPS) is 11.7. The number of anilines is 1. The van der Waals surface area contributed by atoms with Gasteiger partial charge >= 0.3 is 0 Å². The molecular weight excluding hydrogens is 416 g/mol. The van der Waals surface area contributed by atoms with Crippen molar-refractivity contribution < 1.29 is 8.42 Å². The summed E-state index contributed by atoms with van der Waals surface area (Å²) in [5.74, 6) is 0.523. The lowest BCUT2D eigenvalue weighted by Crippen LogP contribution is -2.12. The maximum Gasteiger partial charge on any atom is 0.263 e. The number of rotatable bonds is 4. The number of halogens is 1. The van der Waals surface area contributed by atoms with E-state index in [1.807, 2.05) is 25.1 Å². The number of fused-ring (bicyclic) bond motifs is 1. The molecule has 0 amide bonds. The second-order valence-electron chi connectivity index (χ2n) is 6.25. The Bertz CT molecular complexity index is 1300. The van der Waals surface area contributed by atoms with Gasteiger partial charge in [0.2, 0.25) is 5.13 Å². The summed E-state index contributed by atoms with van der Waals surface area (Å²) in [5.41, 5.74) is 2.73. The Hall–Kier alpha value is -2.55. The molecule has 0 bridgehead atoms. The van der Waals surface area contributed by atoms with Crippen LogP contribution in [0.1, 0.15) is 11.4 Å². The zero-order valence-electron chi connectivity index (χ0n) is 15.0. The molecule has 4 rings (SSSR count). The Morgan fingerprint density at radius 3 is 2.61 bits per heavy atom. The fraction of sp³-hybridized carbons (Fsp3) is 0.105. The van der Waals surface area contributed by atoms with Crippen LogP contribution >= 0.6 is 23.1 Å². The van der Waals surface area contributed by atoms with Gasteiger partial charge in [0.1, 0.15) is 5.82 Å². The van der Waals surface area contributed by atoms with Crippen molar-refractivity contribution in [2.24, 2.45) is 0 Å². The molecule has 0 fully saturated rings. The first-order chi connectivity index (χ1) is 13.3. The van der Waals surface area contributed by atoms with Crippen LogP contribution in [-0.2, 0) is 10.0 Å². The van der Waals surface area contributed by atoms with Crippen molar-refractivity contribution in [3.8, 4) is 11.3 Å². The van der Waals surface area contributed by atoms with Crippen molar-refractivity contribution in [2.45, 2.75) is 18.7 Å². The lowest BCUT2D eigenvalue weighted by molar-refractivity contribution is 0.601. The van der Waals surface area contributed by atoms with E-state index in [1.54, 1.807) is 37.4 Å². The van der Waals surface area contributed by atoms with E-state index in [2.05, 4.69) is 19.1 Å². The summed E-state index contributed by atoms with van der Waals surface area (Å²) in [5, 5.41) is 2.53. The Balaban J connectivity index is 1.78. The lowest BCUT2D eigenvalue weighted by atomic mass is 10.0. The molecule has 1 N–H and O–H groups in total. The predicted molar refractivity (Wildman–Crippen MR) is 112 cm³/mol. The molecule has 0 aliphatic carbocycles. The van der Waals surface area contributed by atoms with Crippen LogP contribution in [0.5, 0.6) is 0 Å². The predicted octanol–water partition coefficient (Wildman–Crippen LogP) is 4.82. The number of nitrogens with zero attached hydrogens (tertiary/aromatic N) is 3. The second-order valence-corrected chi connectivity index (χ2v) is 9.12. The summed E-state index contributed by atoms with van der Waals surface area (Å²) in [4.78, 5) is 8.71.